The molecular weight excluding hydrogens is 492 g/mol. The molecule has 0 aromatic heterocycles. The third-order valence-electron chi connectivity index (χ3n) is 6.52. The molecule has 8 nitrogen and oxygen atoms in total. The minimum absolute atomic E-state index is 0.101. The molecule has 0 unspecified atom stereocenters. The van der Waals surface area contributed by atoms with Crippen molar-refractivity contribution in [1.82, 2.24) is 0 Å². The Labute approximate surface area is 219 Å². The predicted molar refractivity (Wildman–Crippen MR) is 147 cm³/mol. The number of phenols is 1. The van der Waals surface area contributed by atoms with Crippen LogP contribution >= 0.6 is 11.6 Å². The zero-order chi connectivity index (χ0) is 27.1. The minimum Gasteiger partial charge on any atom is -0.505 e. The number of nitrogens with one attached hydrogen (secondary N) is 1. The molecule has 3 aromatic carbocycles. The number of anilines is 2. The van der Waals surface area contributed by atoms with Crippen molar-refractivity contribution in [3.63, 3.8) is 0 Å². The highest BCUT2D eigenvalue weighted by Crippen LogP contribution is 2.40. The number of amides is 1. The van der Waals surface area contributed by atoms with Crippen molar-refractivity contribution < 1.29 is 19.8 Å². The Morgan fingerprint density at radius 3 is 2.46 bits per heavy atom. The highest BCUT2D eigenvalue weighted by Gasteiger charge is 2.32. The number of nitrogens with zero attached hydrogens (tertiary/aromatic N) is 3. The summed E-state index contributed by atoms with van der Waals surface area (Å²) in [4.78, 5) is 24.8. The number of carbonyl (C=O) groups is 2. The maximum Gasteiger partial charge on any atom is 0.313 e. The van der Waals surface area contributed by atoms with E-state index in [1.165, 1.54) is 11.1 Å². The third kappa shape index (κ3) is 4.93. The van der Waals surface area contributed by atoms with Crippen molar-refractivity contribution in [2.45, 2.75) is 40.0 Å². The van der Waals surface area contributed by atoms with Crippen molar-refractivity contribution in [2.75, 3.05) is 10.4 Å². The van der Waals surface area contributed by atoms with Crippen molar-refractivity contribution in [2.24, 2.45) is 10.2 Å². The lowest BCUT2D eigenvalue weighted by molar-refractivity contribution is -0.142. The van der Waals surface area contributed by atoms with Crippen LogP contribution in [0.1, 0.15) is 37.5 Å². The normalized spacial score (nSPS) is 14.8. The number of hydrogen-bond acceptors (Lipinski definition) is 6. The van der Waals surface area contributed by atoms with Crippen LogP contribution in [0.3, 0.4) is 0 Å². The van der Waals surface area contributed by atoms with Gasteiger partial charge < -0.3 is 10.2 Å². The lowest BCUT2D eigenvalue weighted by Crippen LogP contribution is -2.28. The van der Waals surface area contributed by atoms with Gasteiger partial charge in [-0.3, -0.25) is 15.0 Å². The van der Waals surface area contributed by atoms with E-state index in [1.54, 1.807) is 51.1 Å². The summed E-state index contributed by atoms with van der Waals surface area (Å²) in [6.45, 7) is 8.85. The van der Waals surface area contributed by atoms with Gasteiger partial charge in [-0.1, -0.05) is 35.9 Å². The first-order valence-corrected chi connectivity index (χ1v) is 12.0. The fraction of sp³-hybridized carbons (Fsp3) is 0.214. The Kier molecular flexibility index (Phi) is 6.80. The van der Waals surface area contributed by atoms with Crippen LogP contribution in [0.25, 0.3) is 11.1 Å². The van der Waals surface area contributed by atoms with Crippen molar-refractivity contribution in [3.8, 4) is 16.9 Å². The number of benzene rings is 3. The van der Waals surface area contributed by atoms with Gasteiger partial charge in [0.25, 0.3) is 0 Å². The van der Waals surface area contributed by atoms with Gasteiger partial charge >= 0.3 is 11.9 Å². The summed E-state index contributed by atoms with van der Waals surface area (Å²) in [6.07, 6.45) is 0. The number of aromatic hydroxyl groups is 1. The zero-order valence-corrected chi connectivity index (χ0v) is 21.9. The molecule has 4 rings (SSSR count). The average Bonchev–Trinajstić information content (AvgIpc) is 3.14. The predicted octanol–water partition coefficient (Wildman–Crippen LogP) is 5.88. The number of phenolic OH excluding ortho intramolecular Hbond substituents is 1. The maximum atomic E-state index is 13.1. The van der Waals surface area contributed by atoms with Crippen molar-refractivity contribution in [3.05, 3.63) is 76.3 Å². The molecule has 0 fully saturated rings. The van der Waals surface area contributed by atoms with Gasteiger partial charge in [0.05, 0.1) is 16.8 Å². The molecule has 0 radical (unpaired) electrons. The van der Waals surface area contributed by atoms with E-state index in [0.29, 0.717) is 33.1 Å². The molecule has 3 aromatic rings. The van der Waals surface area contributed by atoms with Gasteiger partial charge in [0.2, 0.25) is 0 Å². The van der Waals surface area contributed by atoms with E-state index >= 15 is 0 Å². The number of rotatable bonds is 6. The summed E-state index contributed by atoms with van der Waals surface area (Å²) in [5, 5.41) is 30.8. The highest BCUT2D eigenvalue weighted by molar-refractivity contribution is 6.71. The molecule has 9 heteroatoms. The SMILES string of the molecule is CC1=NN(c2ccc(C)c(C)c2)C(=O)C1=NNc1cc(Cl)cc(-c2cccc(C(C)(C)C(=O)O)c2)c1O. The van der Waals surface area contributed by atoms with Crippen LogP contribution in [0, 0.1) is 13.8 Å². The summed E-state index contributed by atoms with van der Waals surface area (Å²) < 4.78 is 0. The number of aryl methyl sites for hydroxylation is 2. The second kappa shape index (κ2) is 9.71. The fourth-order valence-electron chi connectivity index (χ4n) is 3.88. The van der Waals surface area contributed by atoms with E-state index < -0.39 is 17.3 Å². The first-order valence-electron chi connectivity index (χ1n) is 11.6. The first kappa shape index (κ1) is 25.9. The largest absolute Gasteiger partial charge is 0.505 e. The van der Waals surface area contributed by atoms with Crippen LogP contribution in [0.5, 0.6) is 5.75 Å². The molecule has 1 aliphatic rings. The first-order chi connectivity index (χ1) is 17.4. The Balaban J connectivity index is 1.65. The number of aliphatic carboxylic acids is 1. The second-order valence-corrected chi connectivity index (χ2v) is 9.94. The van der Waals surface area contributed by atoms with E-state index in [4.69, 9.17) is 11.6 Å². The molecule has 37 heavy (non-hydrogen) atoms. The molecule has 1 heterocycles. The molecule has 0 saturated carbocycles. The third-order valence-corrected chi connectivity index (χ3v) is 6.73. The summed E-state index contributed by atoms with van der Waals surface area (Å²) in [5.74, 6) is -1.52. The molecule has 0 bridgehead atoms. The zero-order valence-electron chi connectivity index (χ0n) is 21.1. The van der Waals surface area contributed by atoms with Crippen LogP contribution in [0.4, 0.5) is 11.4 Å². The molecular formula is C28H27ClN4O4. The van der Waals surface area contributed by atoms with Crippen LogP contribution in [-0.2, 0) is 15.0 Å². The van der Waals surface area contributed by atoms with E-state index in [-0.39, 0.29) is 17.1 Å². The van der Waals surface area contributed by atoms with Gasteiger partial charge in [0, 0.05) is 10.6 Å². The van der Waals surface area contributed by atoms with Gasteiger partial charge in [0.1, 0.15) is 11.4 Å². The van der Waals surface area contributed by atoms with E-state index in [9.17, 15) is 19.8 Å². The Morgan fingerprint density at radius 2 is 1.78 bits per heavy atom. The number of halogens is 1. The maximum absolute atomic E-state index is 13.1. The van der Waals surface area contributed by atoms with Gasteiger partial charge in [-0.25, -0.2) is 0 Å². The Morgan fingerprint density at radius 1 is 1.05 bits per heavy atom. The van der Waals surface area contributed by atoms with E-state index in [1.807, 2.05) is 32.0 Å². The Bertz CT molecular complexity index is 1490. The number of carboxylic acid groups (broad SMARTS) is 1. The van der Waals surface area contributed by atoms with E-state index in [0.717, 1.165) is 11.1 Å². The number of hydrazone groups is 2. The fourth-order valence-corrected chi connectivity index (χ4v) is 4.10. The molecule has 3 N–H and O–H groups in total. The van der Waals surface area contributed by atoms with Gasteiger partial charge in [0.15, 0.2) is 5.71 Å². The van der Waals surface area contributed by atoms with Crippen molar-refractivity contribution >= 4 is 46.3 Å². The summed E-state index contributed by atoms with van der Waals surface area (Å²) in [5.41, 5.74) is 6.65. The molecule has 0 saturated heterocycles. The number of hydrogen-bond donors (Lipinski definition) is 3. The monoisotopic (exact) mass is 518 g/mol. The molecule has 1 aliphatic heterocycles. The summed E-state index contributed by atoms with van der Waals surface area (Å²) in [6, 6.07) is 15.6. The lowest BCUT2D eigenvalue weighted by Gasteiger charge is -2.21. The highest BCUT2D eigenvalue weighted by atomic mass is 35.5. The van der Waals surface area contributed by atoms with Crippen LogP contribution in [0.15, 0.2) is 64.8 Å². The minimum atomic E-state index is -1.13. The standard InChI is InChI=1S/C28H27ClN4O4/c1-15-9-10-21(11-16(15)2)33-26(35)24(17(3)32-33)31-30-23-14-20(29)13-22(25(23)34)18-7-6-8-19(12-18)28(4,5)27(36)37/h6-14,30,34H,1-5H3,(H,36,37). The molecule has 190 valence electrons. The second-order valence-electron chi connectivity index (χ2n) is 9.50. The Hall–Kier alpha value is -4.17. The van der Waals surface area contributed by atoms with Crippen LogP contribution in [0.2, 0.25) is 5.02 Å². The van der Waals surface area contributed by atoms with Crippen molar-refractivity contribution in [1.29, 1.82) is 0 Å². The molecule has 0 spiro atoms. The number of carbonyl (C=O) groups excluding carboxylic acids is 1. The molecule has 1 amide bonds. The molecule has 0 aliphatic carbocycles. The molecule has 0 atom stereocenters. The average molecular weight is 519 g/mol. The smallest absolute Gasteiger partial charge is 0.313 e. The van der Waals surface area contributed by atoms with Crippen LogP contribution < -0.4 is 10.4 Å². The van der Waals surface area contributed by atoms with Gasteiger partial charge in [-0.05, 0) is 87.2 Å². The number of carboxylic acids is 1. The van der Waals surface area contributed by atoms with E-state index in [2.05, 4.69) is 15.6 Å². The summed E-state index contributed by atoms with van der Waals surface area (Å²) >= 11 is 6.34. The van der Waals surface area contributed by atoms with Gasteiger partial charge in [-0.2, -0.15) is 15.2 Å². The van der Waals surface area contributed by atoms with Crippen LogP contribution in [-0.4, -0.2) is 33.5 Å². The van der Waals surface area contributed by atoms with Gasteiger partial charge in [-0.15, -0.1) is 0 Å². The quantitative estimate of drug-likeness (QED) is 0.278. The topological polar surface area (TPSA) is 115 Å². The summed E-state index contributed by atoms with van der Waals surface area (Å²) in [7, 11) is 0. The lowest BCUT2D eigenvalue weighted by atomic mass is 9.83.